The quantitative estimate of drug-likeness (QED) is 0.490. The Labute approximate surface area is 190 Å². The minimum Gasteiger partial charge on any atom is -0.310 e. The number of pyridine rings is 1. The molecule has 0 aliphatic heterocycles. The van der Waals surface area contributed by atoms with E-state index >= 15 is 0 Å². The van der Waals surface area contributed by atoms with Crippen molar-refractivity contribution in [2.24, 2.45) is 7.05 Å². The van der Waals surface area contributed by atoms with Gasteiger partial charge in [0.15, 0.2) is 11.3 Å². The first-order valence-electron chi connectivity index (χ1n) is 10.6. The fraction of sp³-hybridized carbons (Fsp3) is 0.364. The number of H-pyrrole nitrogens is 1. The van der Waals surface area contributed by atoms with Crippen LogP contribution in [0.25, 0.3) is 11.0 Å². The van der Waals surface area contributed by atoms with E-state index in [0.717, 1.165) is 30.8 Å². The molecule has 0 amide bonds. The van der Waals surface area contributed by atoms with E-state index in [1.807, 2.05) is 19.2 Å². The van der Waals surface area contributed by atoms with Gasteiger partial charge >= 0.3 is 6.18 Å². The Morgan fingerprint density at radius 2 is 2.00 bits per heavy atom. The van der Waals surface area contributed by atoms with E-state index < -0.39 is 23.5 Å². The van der Waals surface area contributed by atoms with Crippen molar-refractivity contribution < 1.29 is 13.2 Å². The standard InChI is InChI=1S/C22H19F3N8O/c1-11(12-3-6-17(27-10-12)22(23,24)25)33-20-18(15(9-26)31-33)21(34)30-19(29-20)14-5-4-13(14)16-7-8-28-32(16)2/h3,6-8,10-11,13-14H,4-5H2,1-2H3,(H,29,30,34)/t11-,13?,14?/m0/s1. The second-order valence-corrected chi connectivity index (χ2v) is 8.38. The van der Waals surface area contributed by atoms with E-state index in [9.17, 15) is 23.2 Å². The molecule has 5 rings (SSSR count). The Hall–Kier alpha value is -4.01. The number of halogens is 3. The summed E-state index contributed by atoms with van der Waals surface area (Å²) in [5, 5.41) is 18.1. The van der Waals surface area contributed by atoms with Crippen LogP contribution < -0.4 is 5.56 Å². The van der Waals surface area contributed by atoms with E-state index in [0.29, 0.717) is 11.4 Å². The molecular weight excluding hydrogens is 449 g/mol. The Bertz CT molecular complexity index is 1480. The Morgan fingerprint density at radius 1 is 1.24 bits per heavy atom. The van der Waals surface area contributed by atoms with Gasteiger partial charge in [-0.2, -0.15) is 28.6 Å². The minimum absolute atomic E-state index is 0.0376. The highest BCUT2D eigenvalue weighted by molar-refractivity contribution is 5.80. The molecule has 0 aromatic carbocycles. The Kier molecular flexibility index (Phi) is 5.00. The first-order chi connectivity index (χ1) is 16.2. The van der Waals surface area contributed by atoms with Crippen LogP contribution in [0.4, 0.5) is 13.2 Å². The van der Waals surface area contributed by atoms with Crippen molar-refractivity contribution in [3.05, 3.63) is 69.4 Å². The Balaban J connectivity index is 1.58. The topological polar surface area (TPSA) is 118 Å². The maximum atomic E-state index is 13.0. The summed E-state index contributed by atoms with van der Waals surface area (Å²) in [5.74, 6) is 0.583. The third-order valence-corrected chi connectivity index (χ3v) is 6.48. The highest BCUT2D eigenvalue weighted by atomic mass is 19.4. The number of fused-ring (bicyclic) bond motifs is 1. The first kappa shape index (κ1) is 21.8. The van der Waals surface area contributed by atoms with E-state index in [4.69, 9.17) is 0 Å². The average molecular weight is 468 g/mol. The van der Waals surface area contributed by atoms with Crippen molar-refractivity contribution >= 4 is 11.0 Å². The molecule has 4 aromatic heterocycles. The monoisotopic (exact) mass is 468 g/mol. The molecule has 1 fully saturated rings. The van der Waals surface area contributed by atoms with Gasteiger partial charge in [-0.05, 0) is 37.5 Å². The van der Waals surface area contributed by atoms with Crippen LogP contribution in [0.2, 0.25) is 0 Å². The van der Waals surface area contributed by atoms with Crippen molar-refractivity contribution in [3.63, 3.8) is 0 Å². The molecule has 4 aromatic rings. The van der Waals surface area contributed by atoms with E-state index in [-0.39, 0.29) is 28.6 Å². The maximum Gasteiger partial charge on any atom is 0.433 e. The molecule has 9 nitrogen and oxygen atoms in total. The van der Waals surface area contributed by atoms with E-state index in [1.54, 1.807) is 17.8 Å². The zero-order valence-electron chi connectivity index (χ0n) is 18.2. The molecule has 1 aliphatic rings. The zero-order valence-corrected chi connectivity index (χ0v) is 18.2. The predicted octanol–water partition coefficient (Wildman–Crippen LogP) is 3.41. The van der Waals surface area contributed by atoms with Crippen LogP contribution in [0.5, 0.6) is 0 Å². The minimum atomic E-state index is -4.55. The van der Waals surface area contributed by atoms with Gasteiger partial charge in [0.05, 0.1) is 6.04 Å². The fourth-order valence-corrected chi connectivity index (χ4v) is 4.48. The molecule has 0 spiro atoms. The molecule has 34 heavy (non-hydrogen) atoms. The van der Waals surface area contributed by atoms with Crippen LogP contribution >= 0.6 is 0 Å². The van der Waals surface area contributed by atoms with Crippen molar-refractivity contribution in [3.8, 4) is 6.07 Å². The Morgan fingerprint density at radius 3 is 2.56 bits per heavy atom. The fourth-order valence-electron chi connectivity index (χ4n) is 4.48. The lowest BCUT2D eigenvalue weighted by molar-refractivity contribution is -0.141. The molecule has 174 valence electrons. The molecule has 3 atom stereocenters. The summed E-state index contributed by atoms with van der Waals surface area (Å²) in [7, 11) is 1.86. The zero-order chi connectivity index (χ0) is 24.2. The normalized spacial score (nSPS) is 19.1. The van der Waals surface area contributed by atoms with Crippen molar-refractivity contribution in [1.82, 2.24) is 34.5 Å². The lowest BCUT2D eigenvalue weighted by atomic mass is 9.71. The highest BCUT2D eigenvalue weighted by Crippen LogP contribution is 2.47. The molecule has 12 heteroatoms. The summed E-state index contributed by atoms with van der Waals surface area (Å²) in [6, 6.07) is 5.43. The van der Waals surface area contributed by atoms with Gasteiger partial charge in [0.25, 0.3) is 5.56 Å². The number of aromatic amines is 1. The number of hydrogen-bond acceptors (Lipinski definition) is 6. The second-order valence-electron chi connectivity index (χ2n) is 8.38. The van der Waals surface area contributed by atoms with Gasteiger partial charge in [-0.1, -0.05) is 6.07 Å². The number of nitriles is 1. The molecule has 0 bridgehead atoms. The van der Waals surface area contributed by atoms with Gasteiger partial charge in [-0.25, -0.2) is 9.67 Å². The van der Waals surface area contributed by atoms with Crippen LogP contribution in [0, 0.1) is 11.3 Å². The third kappa shape index (κ3) is 3.44. The number of rotatable bonds is 4. The van der Waals surface area contributed by atoms with Gasteiger partial charge in [0.2, 0.25) is 0 Å². The van der Waals surface area contributed by atoms with Gasteiger partial charge in [-0.3, -0.25) is 14.5 Å². The molecule has 0 saturated heterocycles. The van der Waals surface area contributed by atoms with Gasteiger partial charge in [0, 0.05) is 37.0 Å². The highest BCUT2D eigenvalue weighted by Gasteiger charge is 2.38. The van der Waals surface area contributed by atoms with E-state index in [2.05, 4.69) is 25.1 Å². The average Bonchev–Trinajstić information content (AvgIpc) is 3.36. The van der Waals surface area contributed by atoms with Gasteiger partial charge < -0.3 is 4.98 Å². The number of nitrogens with one attached hydrogen (secondary N) is 1. The second kappa shape index (κ2) is 7.79. The number of aryl methyl sites for hydroxylation is 1. The SMILES string of the molecule is C[C@@H](c1ccc(C(F)(F)F)nc1)n1nc(C#N)c2c(=O)[nH]c(C3CCC3c3ccnn3C)nc21. The van der Waals surface area contributed by atoms with Crippen LogP contribution in [0.1, 0.15) is 66.1 Å². The molecular formula is C22H19F3N8O. The molecule has 2 unspecified atom stereocenters. The first-order valence-corrected chi connectivity index (χ1v) is 10.6. The molecule has 1 saturated carbocycles. The van der Waals surface area contributed by atoms with Crippen LogP contribution in [-0.2, 0) is 13.2 Å². The molecule has 0 radical (unpaired) electrons. The largest absolute Gasteiger partial charge is 0.433 e. The van der Waals surface area contributed by atoms with Crippen LogP contribution in [0.15, 0.2) is 35.4 Å². The molecule has 1 N–H and O–H groups in total. The summed E-state index contributed by atoms with van der Waals surface area (Å²) in [4.78, 5) is 24.0. The number of nitrogens with zero attached hydrogens (tertiary/aromatic N) is 7. The number of aromatic nitrogens is 7. The summed E-state index contributed by atoms with van der Waals surface area (Å²) in [5.41, 5.74) is 0.0965. The van der Waals surface area contributed by atoms with Crippen molar-refractivity contribution in [1.29, 1.82) is 5.26 Å². The molecule has 1 aliphatic carbocycles. The van der Waals surface area contributed by atoms with Gasteiger partial charge in [-0.15, -0.1) is 0 Å². The van der Waals surface area contributed by atoms with E-state index in [1.165, 1.54) is 10.7 Å². The third-order valence-electron chi connectivity index (χ3n) is 6.48. The smallest absolute Gasteiger partial charge is 0.310 e. The molecule has 4 heterocycles. The predicted molar refractivity (Wildman–Crippen MR) is 114 cm³/mol. The lowest BCUT2D eigenvalue weighted by Gasteiger charge is -2.35. The van der Waals surface area contributed by atoms with Crippen molar-refractivity contribution in [2.45, 2.75) is 43.8 Å². The van der Waals surface area contributed by atoms with Gasteiger partial charge in [0.1, 0.15) is 23.0 Å². The summed E-state index contributed by atoms with van der Waals surface area (Å²) < 4.78 is 41.9. The number of alkyl halides is 3. The van der Waals surface area contributed by atoms with Crippen LogP contribution in [-0.4, -0.2) is 34.5 Å². The maximum absolute atomic E-state index is 13.0. The lowest BCUT2D eigenvalue weighted by Crippen LogP contribution is -2.28. The summed E-state index contributed by atoms with van der Waals surface area (Å²) in [6.07, 6.45) is 0.0267. The van der Waals surface area contributed by atoms with Crippen molar-refractivity contribution in [2.75, 3.05) is 0 Å². The summed E-state index contributed by atoms with van der Waals surface area (Å²) in [6.45, 7) is 1.70. The number of hydrogen-bond donors (Lipinski definition) is 1. The summed E-state index contributed by atoms with van der Waals surface area (Å²) >= 11 is 0. The van der Waals surface area contributed by atoms with Crippen LogP contribution in [0.3, 0.4) is 0 Å².